The highest BCUT2D eigenvalue weighted by molar-refractivity contribution is 7.91. The largest absolute Gasteiger partial charge is 0.481 e. The summed E-state index contributed by atoms with van der Waals surface area (Å²) in [6.07, 6.45) is 0.419. The first-order valence-electron chi connectivity index (χ1n) is 5.96. The van der Waals surface area contributed by atoms with Crippen LogP contribution < -0.4 is 0 Å². The normalized spacial score (nSPS) is 22.9. The van der Waals surface area contributed by atoms with Crippen molar-refractivity contribution in [1.29, 1.82) is 0 Å². The highest BCUT2D eigenvalue weighted by Crippen LogP contribution is 2.16. The molecule has 1 amide bonds. The zero-order chi connectivity index (χ0) is 13.9. The molecule has 0 aliphatic carbocycles. The summed E-state index contributed by atoms with van der Waals surface area (Å²) in [4.78, 5) is 24.4. The maximum Gasteiger partial charge on any atom is 0.307 e. The van der Waals surface area contributed by atoms with Crippen LogP contribution in [0.25, 0.3) is 0 Å². The number of aliphatic carboxylic acids is 1. The van der Waals surface area contributed by atoms with Gasteiger partial charge >= 0.3 is 5.97 Å². The van der Waals surface area contributed by atoms with Gasteiger partial charge in [0.15, 0.2) is 9.84 Å². The summed E-state index contributed by atoms with van der Waals surface area (Å²) in [5, 5.41) is 8.87. The minimum Gasteiger partial charge on any atom is -0.481 e. The topological polar surface area (TPSA) is 91.8 Å². The van der Waals surface area contributed by atoms with Gasteiger partial charge in [-0.05, 0) is 6.42 Å². The zero-order valence-corrected chi connectivity index (χ0v) is 11.4. The number of carbonyl (C=O) groups is 2. The SMILES string of the molecule is CC(C(=O)O)C(C)C(=O)N1CCCS(=O)(=O)CC1. The van der Waals surface area contributed by atoms with E-state index in [4.69, 9.17) is 5.11 Å². The Morgan fingerprint density at radius 3 is 2.28 bits per heavy atom. The van der Waals surface area contributed by atoms with Crippen LogP contribution in [0.5, 0.6) is 0 Å². The molecule has 0 bridgehead atoms. The number of hydrogen-bond acceptors (Lipinski definition) is 4. The molecule has 0 radical (unpaired) electrons. The molecule has 1 heterocycles. The van der Waals surface area contributed by atoms with Gasteiger partial charge in [0.2, 0.25) is 5.91 Å². The van der Waals surface area contributed by atoms with Crippen molar-refractivity contribution in [3.63, 3.8) is 0 Å². The molecule has 18 heavy (non-hydrogen) atoms. The van der Waals surface area contributed by atoms with Gasteiger partial charge in [-0.1, -0.05) is 13.8 Å². The summed E-state index contributed by atoms with van der Waals surface area (Å²) in [5.41, 5.74) is 0. The summed E-state index contributed by atoms with van der Waals surface area (Å²) in [7, 11) is -3.06. The van der Waals surface area contributed by atoms with E-state index in [1.807, 2.05) is 0 Å². The molecule has 0 aromatic carbocycles. The van der Waals surface area contributed by atoms with Crippen LogP contribution in [0.3, 0.4) is 0 Å². The van der Waals surface area contributed by atoms with Crippen LogP contribution in [0, 0.1) is 11.8 Å². The molecule has 1 saturated heterocycles. The standard InChI is InChI=1S/C11H19NO5S/c1-8(9(2)11(14)15)10(13)12-4-3-6-18(16,17)7-5-12/h8-9H,3-7H2,1-2H3,(H,14,15). The second kappa shape index (κ2) is 5.69. The number of sulfone groups is 1. The lowest BCUT2D eigenvalue weighted by Crippen LogP contribution is -2.40. The number of amides is 1. The summed E-state index contributed by atoms with van der Waals surface area (Å²) in [6.45, 7) is 3.60. The third-order valence-electron chi connectivity index (χ3n) is 3.40. The third kappa shape index (κ3) is 3.69. The van der Waals surface area contributed by atoms with E-state index in [0.29, 0.717) is 13.0 Å². The van der Waals surface area contributed by atoms with E-state index in [9.17, 15) is 18.0 Å². The lowest BCUT2D eigenvalue weighted by molar-refractivity contribution is -0.149. The van der Waals surface area contributed by atoms with Gasteiger partial charge in [-0.15, -0.1) is 0 Å². The average molecular weight is 277 g/mol. The summed E-state index contributed by atoms with van der Waals surface area (Å²) in [6, 6.07) is 0. The molecule has 6 nitrogen and oxygen atoms in total. The van der Waals surface area contributed by atoms with Gasteiger partial charge in [-0.2, -0.15) is 0 Å². The molecule has 0 aromatic heterocycles. The molecule has 104 valence electrons. The van der Waals surface area contributed by atoms with Crippen LogP contribution >= 0.6 is 0 Å². The number of rotatable bonds is 3. The van der Waals surface area contributed by atoms with Crippen molar-refractivity contribution in [2.24, 2.45) is 11.8 Å². The van der Waals surface area contributed by atoms with Gasteiger partial charge in [0, 0.05) is 19.0 Å². The molecule has 1 rings (SSSR count). The fourth-order valence-electron chi connectivity index (χ4n) is 1.87. The molecule has 2 unspecified atom stereocenters. The number of hydrogen-bond donors (Lipinski definition) is 1. The number of carbonyl (C=O) groups excluding carboxylic acids is 1. The lowest BCUT2D eigenvalue weighted by atomic mass is 9.94. The molecular weight excluding hydrogens is 258 g/mol. The Morgan fingerprint density at radius 1 is 1.11 bits per heavy atom. The maximum atomic E-state index is 12.1. The maximum absolute atomic E-state index is 12.1. The first-order chi connectivity index (χ1) is 8.24. The molecular formula is C11H19NO5S. The van der Waals surface area contributed by atoms with Gasteiger partial charge in [0.25, 0.3) is 0 Å². The molecule has 1 aliphatic rings. The molecule has 2 atom stereocenters. The smallest absolute Gasteiger partial charge is 0.307 e. The number of carboxylic acids is 1. The van der Waals surface area contributed by atoms with E-state index in [1.54, 1.807) is 6.92 Å². The van der Waals surface area contributed by atoms with E-state index in [-0.39, 0.29) is 24.0 Å². The van der Waals surface area contributed by atoms with Gasteiger partial charge in [-0.25, -0.2) is 8.42 Å². The van der Waals surface area contributed by atoms with Crippen LogP contribution in [0.15, 0.2) is 0 Å². The molecule has 7 heteroatoms. The van der Waals surface area contributed by atoms with E-state index < -0.39 is 27.6 Å². The second-order valence-corrected chi connectivity index (χ2v) is 7.05. The van der Waals surface area contributed by atoms with E-state index >= 15 is 0 Å². The third-order valence-corrected chi connectivity index (χ3v) is 5.11. The van der Waals surface area contributed by atoms with E-state index in [1.165, 1.54) is 11.8 Å². The predicted octanol–water partition coefficient (Wildman–Crippen LogP) is -0.00970. The zero-order valence-electron chi connectivity index (χ0n) is 10.6. The number of carboxylic acid groups (broad SMARTS) is 1. The molecule has 0 aromatic rings. The molecule has 1 fully saturated rings. The Hall–Kier alpha value is -1.11. The Bertz CT molecular complexity index is 431. The predicted molar refractivity (Wildman–Crippen MR) is 65.8 cm³/mol. The molecule has 0 spiro atoms. The Kier molecular flexibility index (Phi) is 4.72. The molecule has 1 aliphatic heterocycles. The van der Waals surface area contributed by atoms with Crippen LogP contribution in [0.4, 0.5) is 0 Å². The lowest BCUT2D eigenvalue weighted by Gasteiger charge is -2.25. The Labute approximate surface area is 107 Å². The van der Waals surface area contributed by atoms with Crippen LogP contribution in [0.2, 0.25) is 0 Å². The highest BCUT2D eigenvalue weighted by atomic mass is 32.2. The second-order valence-electron chi connectivity index (χ2n) is 4.75. The quantitative estimate of drug-likeness (QED) is 0.783. The van der Waals surface area contributed by atoms with Gasteiger partial charge in [0.1, 0.15) is 0 Å². The van der Waals surface area contributed by atoms with Crippen molar-refractivity contribution in [2.75, 3.05) is 24.6 Å². The van der Waals surface area contributed by atoms with Crippen LogP contribution in [0.1, 0.15) is 20.3 Å². The minimum absolute atomic E-state index is 0.0348. The first-order valence-corrected chi connectivity index (χ1v) is 7.79. The fourth-order valence-corrected chi connectivity index (χ4v) is 3.15. The van der Waals surface area contributed by atoms with Crippen molar-refractivity contribution in [3.05, 3.63) is 0 Å². The highest BCUT2D eigenvalue weighted by Gasteiger charge is 2.31. The van der Waals surface area contributed by atoms with Crippen molar-refractivity contribution in [2.45, 2.75) is 20.3 Å². The monoisotopic (exact) mass is 277 g/mol. The molecule has 0 saturated carbocycles. The van der Waals surface area contributed by atoms with Gasteiger partial charge in [0.05, 0.1) is 17.4 Å². The van der Waals surface area contributed by atoms with Crippen LogP contribution in [-0.2, 0) is 19.4 Å². The summed E-state index contributed by atoms with van der Waals surface area (Å²) >= 11 is 0. The van der Waals surface area contributed by atoms with Crippen molar-refractivity contribution < 1.29 is 23.1 Å². The Balaban J connectivity index is 2.70. The molecule has 1 N–H and O–H groups in total. The van der Waals surface area contributed by atoms with Gasteiger partial charge in [-0.3, -0.25) is 9.59 Å². The minimum atomic E-state index is -3.06. The number of nitrogens with zero attached hydrogens (tertiary/aromatic N) is 1. The van der Waals surface area contributed by atoms with Crippen molar-refractivity contribution in [3.8, 4) is 0 Å². The van der Waals surface area contributed by atoms with Gasteiger partial charge < -0.3 is 10.0 Å². The van der Waals surface area contributed by atoms with Crippen LogP contribution in [-0.4, -0.2) is 54.9 Å². The fraction of sp³-hybridized carbons (Fsp3) is 0.818. The summed E-state index contributed by atoms with van der Waals surface area (Å²) < 4.78 is 22.8. The van der Waals surface area contributed by atoms with Crippen molar-refractivity contribution in [1.82, 2.24) is 4.90 Å². The van der Waals surface area contributed by atoms with Crippen molar-refractivity contribution >= 4 is 21.7 Å². The van der Waals surface area contributed by atoms with E-state index in [2.05, 4.69) is 0 Å². The average Bonchev–Trinajstić information content (AvgIpc) is 2.47. The first kappa shape index (κ1) is 14.9. The Morgan fingerprint density at radius 2 is 1.72 bits per heavy atom. The van der Waals surface area contributed by atoms with E-state index in [0.717, 1.165) is 0 Å². The summed E-state index contributed by atoms with van der Waals surface area (Å²) in [5.74, 6) is -2.63.